The zero-order valence-electron chi connectivity index (χ0n) is 9.83. The summed E-state index contributed by atoms with van der Waals surface area (Å²) in [4.78, 5) is 11.4. The molecule has 0 aromatic heterocycles. The SMILES string of the molecule is CCNCCOCC(=O)Nc1ccccc1F. The second kappa shape index (κ2) is 7.76. The molecule has 0 fully saturated rings. The van der Waals surface area contributed by atoms with Gasteiger partial charge < -0.3 is 15.4 Å². The molecule has 4 nitrogen and oxygen atoms in total. The molecule has 0 saturated heterocycles. The highest BCUT2D eigenvalue weighted by Crippen LogP contribution is 2.11. The van der Waals surface area contributed by atoms with Gasteiger partial charge in [0.2, 0.25) is 5.91 Å². The lowest BCUT2D eigenvalue weighted by Gasteiger charge is -2.07. The van der Waals surface area contributed by atoms with Crippen molar-refractivity contribution in [3.63, 3.8) is 0 Å². The van der Waals surface area contributed by atoms with Crippen molar-refractivity contribution in [2.24, 2.45) is 0 Å². The Morgan fingerprint density at radius 2 is 2.18 bits per heavy atom. The third-order valence-corrected chi connectivity index (χ3v) is 2.05. The van der Waals surface area contributed by atoms with Crippen LogP contribution in [0.4, 0.5) is 10.1 Å². The van der Waals surface area contributed by atoms with Crippen molar-refractivity contribution in [3.05, 3.63) is 30.1 Å². The molecule has 0 radical (unpaired) electrons. The minimum atomic E-state index is -0.450. The number of carbonyl (C=O) groups is 1. The molecule has 0 aliphatic heterocycles. The highest BCUT2D eigenvalue weighted by molar-refractivity contribution is 5.91. The topological polar surface area (TPSA) is 50.4 Å². The number of anilines is 1. The normalized spacial score (nSPS) is 10.2. The number of amides is 1. The number of para-hydroxylation sites is 1. The van der Waals surface area contributed by atoms with Crippen molar-refractivity contribution < 1.29 is 13.9 Å². The van der Waals surface area contributed by atoms with Gasteiger partial charge in [-0.05, 0) is 18.7 Å². The second-order valence-electron chi connectivity index (χ2n) is 3.43. The van der Waals surface area contributed by atoms with Crippen LogP contribution < -0.4 is 10.6 Å². The van der Waals surface area contributed by atoms with Crippen LogP contribution >= 0.6 is 0 Å². The average Bonchev–Trinajstić information content (AvgIpc) is 2.32. The fourth-order valence-electron chi connectivity index (χ4n) is 1.23. The lowest BCUT2D eigenvalue weighted by atomic mass is 10.3. The molecule has 5 heteroatoms. The largest absolute Gasteiger partial charge is 0.370 e. The highest BCUT2D eigenvalue weighted by Gasteiger charge is 2.05. The molecule has 2 N–H and O–H groups in total. The van der Waals surface area contributed by atoms with Crippen LogP contribution in [0, 0.1) is 5.82 Å². The van der Waals surface area contributed by atoms with Crippen molar-refractivity contribution in [2.45, 2.75) is 6.92 Å². The Kier molecular flexibility index (Phi) is 6.21. The maximum Gasteiger partial charge on any atom is 0.250 e. The maximum absolute atomic E-state index is 13.2. The van der Waals surface area contributed by atoms with E-state index < -0.39 is 5.82 Å². The summed E-state index contributed by atoms with van der Waals surface area (Å²) in [6.45, 7) is 3.94. The molecule has 1 aromatic rings. The van der Waals surface area contributed by atoms with Crippen LogP contribution in [0.3, 0.4) is 0 Å². The van der Waals surface area contributed by atoms with E-state index in [2.05, 4.69) is 10.6 Å². The van der Waals surface area contributed by atoms with Crippen molar-refractivity contribution in [1.82, 2.24) is 5.32 Å². The van der Waals surface area contributed by atoms with Crippen LogP contribution in [0.2, 0.25) is 0 Å². The fraction of sp³-hybridized carbons (Fsp3) is 0.417. The summed E-state index contributed by atoms with van der Waals surface area (Å²) >= 11 is 0. The number of benzene rings is 1. The third kappa shape index (κ3) is 5.42. The van der Waals surface area contributed by atoms with E-state index in [4.69, 9.17) is 4.74 Å². The van der Waals surface area contributed by atoms with Crippen LogP contribution in [-0.2, 0) is 9.53 Å². The lowest BCUT2D eigenvalue weighted by Crippen LogP contribution is -2.23. The summed E-state index contributed by atoms with van der Waals surface area (Å²) < 4.78 is 18.3. The lowest BCUT2D eigenvalue weighted by molar-refractivity contribution is -0.120. The third-order valence-electron chi connectivity index (χ3n) is 2.05. The molecule has 0 saturated carbocycles. The number of ether oxygens (including phenoxy) is 1. The summed E-state index contributed by atoms with van der Waals surface area (Å²) in [5, 5.41) is 5.51. The molecule has 0 heterocycles. The number of carbonyl (C=O) groups excluding carboxylic acids is 1. The van der Waals surface area contributed by atoms with E-state index in [1.165, 1.54) is 12.1 Å². The van der Waals surface area contributed by atoms with Crippen molar-refractivity contribution in [2.75, 3.05) is 31.6 Å². The Morgan fingerprint density at radius 1 is 1.41 bits per heavy atom. The minimum Gasteiger partial charge on any atom is -0.370 e. The van der Waals surface area contributed by atoms with Gasteiger partial charge >= 0.3 is 0 Å². The molecule has 1 amide bonds. The molecule has 0 spiro atoms. The number of hydrogen-bond acceptors (Lipinski definition) is 3. The predicted octanol–water partition coefficient (Wildman–Crippen LogP) is 1.39. The van der Waals surface area contributed by atoms with E-state index in [0.29, 0.717) is 13.2 Å². The quantitative estimate of drug-likeness (QED) is 0.708. The van der Waals surface area contributed by atoms with Gasteiger partial charge in [-0.25, -0.2) is 4.39 Å². The first-order chi connectivity index (χ1) is 8.24. The van der Waals surface area contributed by atoms with E-state index in [1.807, 2.05) is 6.92 Å². The number of halogens is 1. The summed E-state index contributed by atoms with van der Waals surface area (Å²) in [6.07, 6.45) is 0. The van der Waals surface area contributed by atoms with Crippen LogP contribution in [0.15, 0.2) is 24.3 Å². The molecule has 1 aromatic carbocycles. The zero-order chi connectivity index (χ0) is 12.5. The molecular formula is C12H17FN2O2. The molecule has 0 aliphatic rings. The first kappa shape index (κ1) is 13.6. The maximum atomic E-state index is 13.2. The fourth-order valence-corrected chi connectivity index (χ4v) is 1.23. The Balaban J connectivity index is 2.23. The molecule has 17 heavy (non-hydrogen) atoms. The van der Waals surface area contributed by atoms with E-state index in [-0.39, 0.29) is 18.2 Å². The van der Waals surface area contributed by atoms with Gasteiger partial charge in [-0.2, -0.15) is 0 Å². The number of rotatable bonds is 7. The highest BCUT2D eigenvalue weighted by atomic mass is 19.1. The summed E-state index contributed by atoms with van der Waals surface area (Å²) in [7, 11) is 0. The Morgan fingerprint density at radius 3 is 2.88 bits per heavy atom. The van der Waals surface area contributed by atoms with E-state index in [1.54, 1.807) is 12.1 Å². The Labute approximate surface area is 100 Å². The van der Waals surface area contributed by atoms with Crippen LogP contribution in [0.1, 0.15) is 6.92 Å². The summed E-state index contributed by atoms with van der Waals surface area (Å²) in [5.41, 5.74) is 0.174. The van der Waals surface area contributed by atoms with E-state index >= 15 is 0 Å². The van der Waals surface area contributed by atoms with Gasteiger partial charge in [0.1, 0.15) is 12.4 Å². The molecule has 94 valence electrons. The number of hydrogen-bond donors (Lipinski definition) is 2. The number of likely N-dealkylation sites (N-methyl/N-ethyl adjacent to an activating group) is 1. The average molecular weight is 240 g/mol. The van der Waals surface area contributed by atoms with Gasteiger partial charge in [-0.3, -0.25) is 4.79 Å². The molecule has 0 aliphatic carbocycles. The van der Waals surface area contributed by atoms with Gasteiger partial charge in [0, 0.05) is 6.54 Å². The first-order valence-corrected chi connectivity index (χ1v) is 5.57. The molecule has 0 atom stereocenters. The van der Waals surface area contributed by atoms with Crippen LogP contribution in [0.5, 0.6) is 0 Å². The molecule has 0 bridgehead atoms. The Bertz CT molecular complexity index is 358. The minimum absolute atomic E-state index is 0.0697. The van der Waals surface area contributed by atoms with Crippen molar-refractivity contribution >= 4 is 11.6 Å². The van der Waals surface area contributed by atoms with Crippen molar-refractivity contribution in [1.29, 1.82) is 0 Å². The van der Waals surface area contributed by atoms with Crippen molar-refractivity contribution in [3.8, 4) is 0 Å². The summed E-state index contributed by atoms with van der Waals surface area (Å²) in [6, 6.07) is 6.02. The molecular weight excluding hydrogens is 223 g/mol. The summed E-state index contributed by atoms with van der Waals surface area (Å²) in [5.74, 6) is -0.805. The standard InChI is InChI=1S/C12H17FN2O2/c1-2-14-7-8-17-9-12(16)15-11-6-4-3-5-10(11)13/h3-6,14H,2,7-9H2,1H3,(H,15,16). The van der Waals surface area contributed by atoms with Gasteiger partial charge in [0.05, 0.1) is 12.3 Å². The Hall–Kier alpha value is -1.46. The first-order valence-electron chi connectivity index (χ1n) is 5.57. The van der Waals surface area contributed by atoms with E-state index in [9.17, 15) is 9.18 Å². The molecule has 0 unspecified atom stereocenters. The number of nitrogens with one attached hydrogen (secondary N) is 2. The second-order valence-corrected chi connectivity index (χ2v) is 3.43. The van der Waals surface area contributed by atoms with Gasteiger partial charge in [0.25, 0.3) is 0 Å². The van der Waals surface area contributed by atoms with E-state index in [0.717, 1.165) is 6.54 Å². The van der Waals surface area contributed by atoms with Gasteiger partial charge in [-0.1, -0.05) is 19.1 Å². The van der Waals surface area contributed by atoms with Gasteiger partial charge in [-0.15, -0.1) is 0 Å². The van der Waals surface area contributed by atoms with Crippen LogP contribution in [-0.4, -0.2) is 32.2 Å². The molecule has 1 rings (SSSR count). The van der Waals surface area contributed by atoms with Crippen LogP contribution in [0.25, 0.3) is 0 Å². The monoisotopic (exact) mass is 240 g/mol. The zero-order valence-corrected chi connectivity index (χ0v) is 9.83. The smallest absolute Gasteiger partial charge is 0.250 e. The predicted molar refractivity (Wildman–Crippen MR) is 64.4 cm³/mol. The van der Waals surface area contributed by atoms with Gasteiger partial charge in [0.15, 0.2) is 0 Å².